The Bertz CT molecular complexity index is 435. The molecule has 0 aliphatic heterocycles. The number of benzene rings is 1. The van der Waals surface area contributed by atoms with Crippen molar-refractivity contribution in [3.63, 3.8) is 0 Å². The molecule has 1 saturated carbocycles. The fourth-order valence-corrected chi connectivity index (χ4v) is 3.71. The largest absolute Gasteiger partial charge is 0.373 e. The Kier molecular flexibility index (Phi) is 5.22. The smallest absolute Gasteiger partial charge is 0.0876 e. The molecule has 0 heterocycles. The number of nitrogens with one attached hydrogen (secondary N) is 1. The first-order valence-electron chi connectivity index (χ1n) is 8.07. The standard InChI is InChI=1S/C18H29NO/c1-5-19-17(16-10-9-14(3)13-15(16)4)18(20-6-2)11-7-8-12-18/h9-10,13,17,19H,5-8,11-12H2,1-4H3. The third-order valence-corrected chi connectivity index (χ3v) is 4.55. The minimum absolute atomic E-state index is 0.00915. The summed E-state index contributed by atoms with van der Waals surface area (Å²) in [6.45, 7) is 10.5. The molecule has 1 N–H and O–H groups in total. The summed E-state index contributed by atoms with van der Waals surface area (Å²) in [4.78, 5) is 0. The fraction of sp³-hybridized carbons (Fsp3) is 0.667. The monoisotopic (exact) mass is 275 g/mol. The van der Waals surface area contributed by atoms with Gasteiger partial charge in [0.15, 0.2) is 0 Å². The molecule has 1 unspecified atom stereocenters. The molecule has 0 saturated heterocycles. The van der Waals surface area contributed by atoms with Crippen LogP contribution in [0.2, 0.25) is 0 Å². The lowest BCUT2D eigenvalue weighted by Gasteiger charge is -2.39. The van der Waals surface area contributed by atoms with Crippen LogP contribution in [0.1, 0.15) is 62.3 Å². The van der Waals surface area contributed by atoms with Crippen LogP contribution >= 0.6 is 0 Å². The predicted molar refractivity (Wildman–Crippen MR) is 85.2 cm³/mol. The summed E-state index contributed by atoms with van der Waals surface area (Å²) in [6.07, 6.45) is 4.91. The molecule has 0 radical (unpaired) electrons. The van der Waals surface area contributed by atoms with Crippen LogP contribution in [0.25, 0.3) is 0 Å². The third-order valence-electron chi connectivity index (χ3n) is 4.55. The summed E-state index contributed by atoms with van der Waals surface area (Å²) < 4.78 is 6.28. The van der Waals surface area contributed by atoms with Crippen LogP contribution in [0.4, 0.5) is 0 Å². The third kappa shape index (κ3) is 3.07. The van der Waals surface area contributed by atoms with Gasteiger partial charge in [-0.1, -0.05) is 43.5 Å². The van der Waals surface area contributed by atoms with Crippen LogP contribution in [-0.2, 0) is 4.74 Å². The van der Waals surface area contributed by atoms with Crippen LogP contribution in [0.5, 0.6) is 0 Å². The minimum atomic E-state index is -0.00915. The molecule has 20 heavy (non-hydrogen) atoms. The first-order valence-corrected chi connectivity index (χ1v) is 8.07. The molecule has 1 aromatic carbocycles. The molecule has 1 atom stereocenters. The van der Waals surface area contributed by atoms with E-state index in [1.807, 2.05) is 0 Å². The van der Waals surface area contributed by atoms with E-state index >= 15 is 0 Å². The van der Waals surface area contributed by atoms with E-state index in [1.54, 1.807) is 0 Å². The number of aryl methyl sites for hydroxylation is 2. The second-order valence-electron chi connectivity index (χ2n) is 6.06. The zero-order valence-corrected chi connectivity index (χ0v) is 13.5. The average Bonchev–Trinajstić information content (AvgIpc) is 2.87. The summed E-state index contributed by atoms with van der Waals surface area (Å²) in [5.41, 5.74) is 4.11. The molecule has 0 bridgehead atoms. The van der Waals surface area contributed by atoms with Gasteiger partial charge in [-0.2, -0.15) is 0 Å². The molecule has 0 spiro atoms. The van der Waals surface area contributed by atoms with Gasteiger partial charge in [-0.3, -0.25) is 0 Å². The van der Waals surface area contributed by atoms with E-state index in [9.17, 15) is 0 Å². The SMILES string of the molecule is CCNC(c1ccc(C)cc1C)C1(OCC)CCCC1. The molecular formula is C18H29NO. The molecule has 1 aliphatic carbocycles. The van der Waals surface area contributed by atoms with E-state index in [-0.39, 0.29) is 5.60 Å². The van der Waals surface area contributed by atoms with Gasteiger partial charge in [0.2, 0.25) is 0 Å². The highest BCUT2D eigenvalue weighted by atomic mass is 16.5. The Hall–Kier alpha value is -0.860. The Morgan fingerprint density at radius 3 is 2.45 bits per heavy atom. The summed E-state index contributed by atoms with van der Waals surface area (Å²) in [7, 11) is 0. The van der Waals surface area contributed by atoms with Crippen molar-refractivity contribution in [3.8, 4) is 0 Å². The number of hydrogen-bond acceptors (Lipinski definition) is 2. The summed E-state index contributed by atoms with van der Waals surface area (Å²) in [6, 6.07) is 7.11. The summed E-state index contributed by atoms with van der Waals surface area (Å²) in [5.74, 6) is 0. The van der Waals surface area contributed by atoms with Crippen LogP contribution in [0.3, 0.4) is 0 Å². The molecule has 0 amide bonds. The van der Waals surface area contributed by atoms with Crippen LogP contribution in [0, 0.1) is 13.8 Å². The molecule has 1 aliphatic rings. The van der Waals surface area contributed by atoms with Crippen molar-refractivity contribution in [2.45, 2.75) is 65.0 Å². The van der Waals surface area contributed by atoms with Crippen molar-refractivity contribution < 1.29 is 4.74 Å². The molecule has 2 heteroatoms. The Morgan fingerprint density at radius 1 is 1.20 bits per heavy atom. The van der Waals surface area contributed by atoms with E-state index in [4.69, 9.17) is 4.74 Å². The second kappa shape index (κ2) is 6.73. The lowest BCUT2D eigenvalue weighted by molar-refractivity contribution is -0.0624. The van der Waals surface area contributed by atoms with Crippen molar-refractivity contribution in [1.29, 1.82) is 0 Å². The van der Waals surface area contributed by atoms with Gasteiger partial charge < -0.3 is 10.1 Å². The molecule has 1 fully saturated rings. The molecule has 2 nitrogen and oxygen atoms in total. The van der Waals surface area contributed by atoms with Crippen molar-refractivity contribution in [3.05, 3.63) is 34.9 Å². The second-order valence-corrected chi connectivity index (χ2v) is 6.06. The zero-order chi connectivity index (χ0) is 14.6. The van der Waals surface area contributed by atoms with Gasteiger partial charge in [-0.25, -0.2) is 0 Å². The highest BCUT2D eigenvalue weighted by molar-refractivity contribution is 5.35. The summed E-state index contributed by atoms with van der Waals surface area (Å²) >= 11 is 0. The van der Waals surface area contributed by atoms with Crippen molar-refractivity contribution in [1.82, 2.24) is 5.32 Å². The number of ether oxygens (including phenoxy) is 1. The Morgan fingerprint density at radius 2 is 1.90 bits per heavy atom. The molecule has 0 aromatic heterocycles. The lowest BCUT2D eigenvalue weighted by atomic mass is 9.84. The van der Waals surface area contributed by atoms with E-state index in [0.29, 0.717) is 6.04 Å². The minimum Gasteiger partial charge on any atom is -0.373 e. The van der Waals surface area contributed by atoms with Gasteiger partial charge in [0.25, 0.3) is 0 Å². The van der Waals surface area contributed by atoms with Crippen molar-refractivity contribution in [2.75, 3.05) is 13.2 Å². The van der Waals surface area contributed by atoms with Crippen molar-refractivity contribution >= 4 is 0 Å². The molecule has 2 rings (SSSR count). The quantitative estimate of drug-likeness (QED) is 0.835. The molecule has 1 aromatic rings. The van der Waals surface area contributed by atoms with Crippen LogP contribution in [0.15, 0.2) is 18.2 Å². The number of hydrogen-bond donors (Lipinski definition) is 1. The van der Waals surface area contributed by atoms with E-state index in [0.717, 1.165) is 13.2 Å². The van der Waals surface area contributed by atoms with E-state index in [2.05, 4.69) is 51.2 Å². The highest BCUT2D eigenvalue weighted by Crippen LogP contribution is 2.43. The van der Waals surface area contributed by atoms with E-state index in [1.165, 1.54) is 42.4 Å². The van der Waals surface area contributed by atoms with Gasteiger partial charge in [0, 0.05) is 6.61 Å². The number of rotatable bonds is 6. The van der Waals surface area contributed by atoms with Gasteiger partial charge in [0.05, 0.1) is 11.6 Å². The van der Waals surface area contributed by atoms with Gasteiger partial charge in [-0.15, -0.1) is 0 Å². The Labute approximate surface area is 123 Å². The van der Waals surface area contributed by atoms with Crippen LogP contribution in [-0.4, -0.2) is 18.8 Å². The topological polar surface area (TPSA) is 21.3 Å². The lowest BCUT2D eigenvalue weighted by Crippen LogP contribution is -2.44. The maximum Gasteiger partial charge on any atom is 0.0876 e. The maximum atomic E-state index is 6.28. The normalized spacial score (nSPS) is 19.2. The highest BCUT2D eigenvalue weighted by Gasteiger charge is 2.43. The van der Waals surface area contributed by atoms with Crippen molar-refractivity contribution in [2.24, 2.45) is 0 Å². The zero-order valence-electron chi connectivity index (χ0n) is 13.5. The predicted octanol–water partition coefficient (Wildman–Crippen LogP) is 4.30. The van der Waals surface area contributed by atoms with Crippen LogP contribution < -0.4 is 5.32 Å². The maximum absolute atomic E-state index is 6.28. The van der Waals surface area contributed by atoms with E-state index < -0.39 is 0 Å². The fourth-order valence-electron chi connectivity index (χ4n) is 3.71. The summed E-state index contributed by atoms with van der Waals surface area (Å²) in [5, 5.41) is 3.70. The first kappa shape index (κ1) is 15.5. The van der Waals surface area contributed by atoms with Gasteiger partial charge in [-0.05, 0) is 51.3 Å². The molecular weight excluding hydrogens is 246 g/mol. The first-order chi connectivity index (χ1) is 9.63. The Balaban J connectivity index is 2.38. The molecule has 112 valence electrons. The number of likely N-dealkylation sites (N-methyl/N-ethyl adjacent to an activating group) is 1. The average molecular weight is 275 g/mol. The van der Waals surface area contributed by atoms with Gasteiger partial charge >= 0.3 is 0 Å². The van der Waals surface area contributed by atoms with Gasteiger partial charge in [0.1, 0.15) is 0 Å².